The Balaban J connectivity index is 1.81. The van der Waals surface area contributed by atoms with Gasteiger partial charge in [-0.15, -0.1) is 0 Å². The average Bonchev–Trinajstić information content (AvgIpc) is 2.44. The van der Waals surface area contributed by atoms with E-state index >= 15 is 0 Å². The third-order valence-electron chi connectivity index (χ3n) is 5.05. The fourth-order valence-electron chi connectivity index (χ4n) is 3.32. The maximum atomic E-state index is 12.4. The second-order valence-electron chi connectivity index (χ2n) is 6.60. The minimum absolute atomic E-state index is 0.000532. The Morgan fingerprint density at radius 1 is 1.05 bits per heavy atom. The van der Waals surface area contributed by atoms with E-state index in [-0.39, 0.29) is 18.0 Å². The first-order valence-electron chi connectivity index (χ1n) is 7.88. The number of carbonyl (C=O) groups is 2. The van der Waals surface area contributed by atoms with Crippen molar-refractivity contribution in [3.63, 3.8) is 0 Å². The van der Waals surface area contributed by atoms with Crippen molar-refractivity contribution in [3.05, 3.63) is 0 Å². The largest absolute Gasteiger partial charge is 0.481 e. The summed E-state index contributed by atoms with van der Waals surface area (Å²) in [5.74, 6) is -0.941. The molecule has 21 heavy (non-hydrogen) atoms. The minimum atomic E-state index is -0.707. The van der Waals surface area contributed by atoms with Crippen LogP contribution in [0.1, 0.15) is 39.5 Å². The Morgan fingerprint density at radius 2 is 1.57 bits per heavy atom. The SMILES string of the molecule is CC1CN(C(=O)NC2CCC(C(=O)O)CC2)CC(C)N1C. The molecule has 0 aromatic carbocycles. The Labute approximate surface area is 126 Å². The summed E-state index contributed by atoms with van der Waals surface area (Å²) >= 11 is 0. The molecule has 2 amide bonds. The summed E-state index contributed by atoms with van der Waals surface area (Å²) < 4.78 is 0. The van der Waals surface area contributed by atoms with Crippen molar-refractivity contribution in [1.82, 2.24) is 15.1 Å². The molecule has 6 heteroatoms. The molecule has 2 unspecified atom stereocenters. The Hall–Kier alpha value is -1.30. The van der Waals surface area contributed by atoms with Gasteiger partial charge < -0.3 is 15.3 Å². The fraction of sp³-hybridized carbons (Fsp3) is 0.867. The molecule has 2 aliphatic rings. The van der Waals surface area contributed by atoms with Gasteiger partial charge in [0.25, 0.3) is 0 Å². The number of amides is 2. The quantitative estimate of drug-likeness (QED) is 0.807. The van der Waals surface area contributed by atoms with Gasteiger partial charge >= 0.3 is 12.0 Å². The number of nitrogens with zero attached hydrogens (tertiary/aromatic N) is 2. The molecular weight excluding hydrogens is 270 g/mol. The van der Waals surface area contributed by atoms with Gasteiger partial charge in [0.15, 0.2) is 0 Å². The number of hydrogen-bond donors (Lipinski definition) is 2. The number of rotatable bonds is 2. The second-order valence-corrected chi connectivity index (χ2v) is 6.60. The molecule has 2 atom stereocenters. The van der Waals surface area contributed by atoms with E-state index in [9.17, 15) is 9.59 Å². The molecule has 0 aromatic heterocycles. The topological polar surface area (TPSA) is 72.9 Å². The fourth-order valence-corrected chi connectivity index (χ4v) is 3.32. The zero-order chi connectivity index (χ0) is 15.6. The van der Waals surface area contributed by atoms with Gasteiger partial charge in [-0.3, -0.25) is 9.69 Å². The van der Waals surface area contributed by atoms with Crippen molar-refractivity contribution in [1.29, 1.82) is 0 Å². The highest BCUT2D eigenvalue weighted by Gasteiger charge is 2.31. The lowest BCUT2D eigenvalue weighted by Crippen LogP contribution is -2.59. The van der Waals surface area contributed by atoms with Crippen molar-refractivity contribution < 1.29 is 14.7 Å². The number of likely N-dealkylation sites (N-methyl/N-ethyl adjacent to an activating group) is 1. The maximum Gasteiger partial charge on any atom is 0.317 e. The first kappa shape index (κ1) is 16.1. The van der Waals surface area contributed by atoms with Gasteiger partial charge in [0, 0.05) is 31.2 Å². The van der Waals surface area contributed by atoms with Crippen LogP contribution in [-0.4, -0.2) is 65.2 Å². The van der Waals surface area contributed by atoms with Crippen molar-refractivity contribution in [2.45, 2.75) is 57.7 Å². The van der Waals surface area contributed by atoms with Crippen molar-refractivity contribution >= 4 is 12.0 Å². The van der Waals surface area contributed by atoms with E-state index in [4.69, 9.17) is 5.11 Å². The molecule has 0 radical (unpaired) electrons. The van der Waals surface area contributed by atoms with E-state index in [0.717, 1.165) is 25.9 Å². The molecule has 1 aliphatic heterocycles. The van der Waals surface area contributed by atoms with E-state index in [1.807, 2.05) is 4.90 Å². The third kappa shape index (κ3) is 3.87. The van der Waals surface area contributed by atoms with Gasteiger partial charge in [0.05, 0.1) is 5.92 Å². The van der Waals surface area contributed by atoms with Gasteiger partial charge in [-0.05, 0) is 46.6 Å². The predicted octanol–water partition coefficient (Wildman–Crippen LogP) is 1.36. The number of piperazine rings is 1. The van der Waals surface area contributed by atoms with Crippen molar-refractivity contribution in [3.8, 4) is 0 Å². The molecule has 0 aromatic rings. The second kappa shape index (κ2) is 6.64. The number of nitrogens with one attached hydrogen (secondary N) is 1. The standard InChI is InChI=1S/C15H27N3O3/c1-10-8-18(9-11(2)17(10)3)15(21)16-13-6-4-12(5-7-13)14(19)20/h10-13H,4-9H2,1-3H3,(H,16,21)(H,19,20). The van der Waals surface area contributed by atoms with Crippen LogP contribution in [0.15, 0.2) is 0 Å². The summed E-state index contributed by atoms with van der Waals surface area (Å²) in [4.78, 5) is 27.5. The normalized spacial score (nSPS) is 34.5. The molecule has 1 saturated heterocycles. The summed E-state index contributed by atoms with van der Waals surface area (Å²) in [7, 11) is 2.09. The number of carboxylic acid groups (broad SMARTS) is 1. The van der Waals surface area contributed by atoms with E-state index in [0.29, 0.717) is 24.9 Å². The molecule has 1 heterocycles. The lowest BCUT2D eigenvalue weighted by Gasteiger charge is -2.42. The molecule has 2 N–H and O–H groups in total. The number of aliphatic carboxylic acids is 1. The van der Waals surface area contributed by atoms with E-state index in [1.54, 1.807) is 0 Å². The zero-order valence-electron chi connectivity index (χ0n) is 13.2. The summed E-state index contributed by atoms with van der Waals surface area (Å²) in [5, 5.41) is 12.1. The monoisotopic (exact) mass is 297 g/mol. The summed E-state index contributed by atoms with van der Waals surface area (Å²) in [6.45, 7) is 5.76. The molecule has 2 fully saturated rings. The Morgan fingerprint density at radius 3 is 2.05 bits per heavy atom. The third-order valence-corrected chi connectivity index (χ3v) is 5.05. The lowest BCUT2D eigenvalue weighted by atomic mass is 9.86. The number of urea groups is 1. The summed E-state index contributed by atoms with van der Waals surface area (Å²) in [6, 6.07) is 0.850. The van der Waals surface area contributed by atoms with Gasteiger partial charge in [0.2, 0.25) is 0 Å². The first-order valence-corrected chi connectivity index (χ1v) is 7.88. The van der Waals surface area contributed by atoms with E-state index in [2.05, 4.69) is 31.1 Å². The number of carboxylic acids is 1. The van der Waals surface area contributed by atoms with Crippen LogP contribution in [0.25, 0.3) is 0 Å². The minimum Gasteiger partial charge on any atom is -0.481 e. The highest BCUT2D eigenvalue weighted by molar-refractivity contribution is 5.75. The van der Waals surface area contributed by atoms with Crippen LogP contribution < -0.4 is 5.32 Å². The average molecular weight is 297 g/mol. The maximum absolute atomic E-state index is 12.4. The molecule has 2 rings (SSSR count). The van der Waals surface area contributed by atoms with E-state index < -0.39 is 5.97 Å². The molecule has 6 nitrogen and oxygen atoms in total. The van der Waals surface area contributed by atoms with Crippen molar-refractivity contribution in [2.24, 2.45) is 5.92 Å². The number of carbonyl (C=O) groups excluding carboxylic acids is 1. The summed E-state index contributed by atoms with van der Waals surface area (Å²) in [6.07, 6.45) is 2.86. The lowest BCUT2D eigenvalue weighted by molar-refractivity contribution is -0.142. The van der Waals surface area contributed by atoms with Crippen molar-refractivity contribution in [2.75, 3.05) is 20.1 Å². The highest BCUT2D eigenvalue weighted by atomic mass is 16.4. The molecule has 120 valence electrons. The number of hydrogen-bond acceptors (Lipinski definition) is 3. The van der Waals surface area contributed by atoms with Gasteiger partial charge in [-0.2, -0.15) is 0 Å². The molecular formula is C15H27N3O3. The molecule has 1 aliphatic carbocycles. The van der Waals surface area contributed by atoms with Gasteiger partial charge in [-0.25, -0.2) is 4.79 Å². The smallest absolute Gasteiger partial charge is 0.317 e. The van der Waals surface area contributed by atoms with Crippen LogP contribution in [0.3, 0.4) is 0 Å². The van der Waals surface area contributed by atoms with Gasteiger partial charge in [-0.1, -0.05) is 0 Å². The zero-order valence-corrected chi connectivity index (χ0v) is 13.2. The molecule has 0 spiro atoms. The van der Waals surface area contributed by atoms with Crippen LogP contribution in [0.2, 0.25) is 0 Å². The Kier molecular flexibility index (Phi) is 5.08. The van der Waals surface area contributed by atoms with Crippen LogP contribution in [0.5, 0.6) is 0 Å². The highest BCUT2D eigenvalue weighted by Crippen LogP contribution is 2.24. The van der Waals surface area contributed by atoms with Crippen LogP contribution in [-0.2, 0) is 4.79 Å². The van der Waals surface area contributed by atoms with E-state index in [1.165, 1.54) is 0 Å². The summed E-state index contributed by atoms with van der Waals surface area (Å²) in [5.41, 5.74) is 0. The molecule has 0 bridgehead atoms. The van der Waals surface area contributed by atoms with Crippen LogP contribution in [0, 0.1) is 5.92 Å². The Bertz CT molecular complexity index is 382. The molecule has 1 saturated carbocycles. The van der Waals surface area contributed by atoms with Crippen LogP contribution >= 0.6 is 0 Å². The predicted molar refractivity (Wildman–Crippen MR) is 80.2 cm³/mol. The van der Waals surface area contributed by atoms with Gasteiger partial charge in [0.1, 0.15) is 0 Å². The van der Waals surface area contributed by atoms with Crippen LogP contribution in [0.4, 0.5) is 4.79 Å². The first-order chi connectivity index (χ1) is 9.88.